The van der Waals surface area contributed by atoms with Gasteiger partial charge >= 0.3 is 0 Å². The number of rotatable bonds is 4. The lowest BCUT2D eigenvalue weighted by molar-refractivity contribution is 0.0999. The Morgan fingerprint density at radius 2 is 2.12 bits per heavy atom. The van der Waals surface area contributed by atoms with Crippen molar-refractivity contribution < 1.29 is 4.74 Å². The summed E-state index contributed by atoms with van der Waals surface area (Å²) in [4.78, 5) is 0. The molecular formula is C11H20N4OS. The van der Waals surface area contributed by atoms with E-state index in [9.17, 15) is 0 Å². The van der Waals surface area contributed by atoms with Gasteiger partial charge in [0.2, 0.25) is 0 Å². The molecule has 96 valence electrons. The molecule has 17 heavy (non-hydrogen) atoms. The van der Waals surface area contributed by atoms with E-state index in [2.05, 4.69) is 28.6 Å². The van der Waals surface area contributed by atoms with Gasteiger partial charge in [-0.1, -0.05) is 11.8 Å². The lowest BCUT2D eigenvalue weighted by atomic mass is 10.2. The van der Waals surface area contributed by atoms with Crippen molar-refractivity contribution in [2.24, 2.45) is 5.73 Å². The first kappa shape index (κ1) is 12.9. The summed E-state index contributed by atoms with van der Waals surface area (Å²) in [6.07, 6.45) is 2.18. The summed E-state index contributed by atoms with van der Waals surface area (Å²) >= 11 is 1.81. The fourth-order valence-corrected chi connectivity index (χ4v) is 3.23. The van der Waals surface area contributed by atoms with Crippen molar-refractivity contribution in [1.82, 2.24) is 14.8 Å². The van der Waals surface area contributed by atoms with Crippen LogP contribution in [0.5, 0.6) is 0 Å². The van der Waals surface area contributed by atoms with Crippen LogP contribution in [0.1, 0.15) is 38.6 Å². The van der Waals surface area contributed by atoms with Crippen molar-refractivity contribution >= 4 is 11.8 Å². The summed E-state index contributed by atoms with van der Waals surface area (Å²) in [6.45, 7) is 6.43. The molecule has 0 radical (unpaired) electrons. The van der Waals surface area contributed by atoms with Crippen LogP contribution in [0.3, 0.4) is 0 Å². The Hall–Kier alpha value is -0.590. The number of nitrogens with two attached hydrogens (primary N) is 1. The zero-order valence-electron chi connectivity index (χ0n) is 10.4. The summed E-state index contributed by atoms with van der Waals surface area (Å²) < 4.78 is 7.50. The molecule has 1 aliphatic heterocycles. The number of thioether (sulfide) groups is 1. The number of hydrogen-bond acceptors (Lipinski definition) is 5. The largest absolute Gasteiger partial charge is 0.381 e. The lowest BCUT2D eigenvalue weighted by Crippen LogP contribution is -2.19. The number of hydrogen-bond donors (Lipinski definition) is 1. The number of nitrogens with zero attached hydrogens (tertiary/aromatic N) is 3. The molecular weight excluding hydrogens is 236 g/mol. The molecule has 2 heterocycles. The van der Waals surface area contributed by atoms with Crippen molar-refractivity contribution in [2.45, 2.75) is 49.7 Å². The summed E-state index contributed by atoms with van der Waals surface area (Å²) in [5.74, 6) is 0.870. The summed E-state index contributed by atoms with van der Waals surface area (Å²) in [5.41, 5.74) is 5.68. The summed E-state index contributed by atoms with van der Waals surface area (Å²) in [7, 11) is 0. The Kier molecular flexibility index (Phi) is 4.42. The fraction of sp³-hybridized carbons (Fsp3) is 0.818. The molecule has 1 aromatic rings. The second-order valence-electron chi connectivity index (χ2n) is 4.50. The van der Waals surface area contributed by atoms with Gasteiger partial charge in [-0.2, -0.15) is 0 Å². The van der Waals surface area contributed by atoms with Crippen LogP contribution in [0.2, 0.25) is 0 Å². The minimum absolute atomic E-state index is 0.353. The smallest absolute Gasteiger partial charge is 0.191 e. The first-order valence-electron chi connectivity index (χ1n) is 6.10. The highest BCUT2D eigenvalue weighted by Gasteiger charge is 2.20. The second kappa shape index (κ2) is 5.84. The van der Waals surface area contributed by atoms with E-state index in [4.69, 9.17) is 10.5 Å². The monoisotopic (exact) mass is 256 g/mol. The van der Waals surface area contributed by atoms with Gasteiger partial charge in [0.15, 0.2) is 5.16 Å². The zero-order chi connectivity index (χ0) is 12.3. The molecule has 6 heteroatoms. The molecule has 2 N–H and O–H groups in total. The van der Waals surface area contributed by atoms with Gasteiger partial charge in [-0.05, 0) is 26.7 Å². The minimum Gasteiger partial charge on any atom is -0.381 e. The Morgan fingerprint density at radius 3 is 2.71 bits per heavy atom. The lowest BCUT2D eigenvalue weighted by Gasteiger charge is -2.22. The van der Waals surface area contributed by atoms with E-state index >= 15 is 0 Å². The normalized spacial score (nSPS) is 17.9. The third-order valence-corrected chi connectivity index (χ3v) is 4.17. The van der Waals surface area contributed by atoms with Crippen LogP contribution in [0.25, 0.3) is 0 Å². The Morgan fingerprint density at radius 1 is 1.41 bits per heavy atom. The third kappa shape index (κ3) is 3.00. The highest BCUT2D eigenvalue weighted by atomic mass is 32.2. The van der Waals surface area contributed by atoms with E-state index in [0.717, 1.165) is 37.0 Å². The van der Waals surface area contributed by atoms with Gasteiger partial charge in [-0.25, -0.2) is 0 Å². The van der Waals surface area contributed by atoms with E-state index in [0.29, 0.717) is 17.8 Å². The van der Waals surface area contributed by atoms with E-state index in [1.54, 1.807) is 0 Å². The van der Waals surface area contributed by atoms with Crippen molar-refractivity contribution in [3.05, 3.63) is 5.82 Å². The van der Waals surface area contributed by atoms with Crippen LogP contribution < -0.4 is 5.73 Å². The Bertz CT molecular complexity index is 360. The van der Waals surface area contributed by atoms with Gasteiger partial charge < -0.3 is 15.0 Å². The SMILES string of the molecule is CC(C)n1c(CN)nnc1SC1CCOCC1. The van der Waals surface area contributed by atoms with Crippen LogP contribution in [-0.4, -0.2) is 33.2 Å². The quantitative estimate of drug-likeness (QED) is 0.886. The van der Waals surface area contributed by atoms with Gasteiger partial charge in [0.05, 0.1) is 6.54 Å². The van der Waals surface area contributed by atoms with Crippen LogP contribution in [-0.2, 0) is 11.3 Å². The van der Waals surface area contributed by atoms with E-state index in [1.165, 1.54) is 0 Å². The van der Waals surface area contributed by atoms with Crippen LogP contribution in [0.4, 0.5) is 0 Å². The molecule has 1 aliphatic rings. The average Bonchev–Trinajstić information content (AvgIpc) is 2.73. The highest BCUT2D eigenvalue weighted by molar-refractivity contribution is 7.99. The molecule has 0 saturated carbocycles. The molecule has 5 nitrogen and oxygen atoms in total. The molecule has 2 rings (SSSR count). The Balaban J connectivity index is 2.11. The maximum Gasteiger partial charge on any atom is 0.191 e. The average molecular weight is 256 g/mol. The second-order valence-corrected chi connectivity index (χ2v) is 5.76. The molecule has 0 aromatic carbocycles. The van der Waals surface area contributed by atoms with Crippen molar-refractivity contribution in [3.63, 3.8) is 0 Å². The maximum atomic E-state index is 5.68. The molecule has 1 fully saturated rings. The molecule has 0 atom stereocenters. The Labute approximate surface area is 106 Å². The van der Waals surface area contributed by atoms with E-state index in [1.807, 2.05) is 11.8 Å². The van der Waals surface area contributed by atoms with Gasteiger partial charge in [0.1, 0.15) is 5.82 Å². The summed E-state index contributed by atoms with van der Waals surface area (Å²) in [5, 5.41) is 10.0. The molecule has 0 aliphatic carbocycles. The molecule has 0 spiro atoms. The number of ether oxygens (including phenoxy) is 1. The van der Waals surface area contributed by atoms with Gasteiger partial charge in [-0.3, -0.25) is 0 Å². The molecule has 1 aromatic heterocycles. The molecule has 0 bridgehead atoms. The van der Waals surface area contributed by atoms with Crippen LogP contribution in [0.15, 0.2) is 5.16 Å². The van der Waals surface area contributed by atoms with Gasteiger partial charge in [0.25, 0.3) is 0 Å². The van der Waals surface area contributed by atoms with E-state index < -0.39 is 0 Å². The van der Waals surface area contributed by atoms with E-state index in [-0.39, 0.29) is 0 Å². The van der Waals surface area contributed by atoms with Crippen molar-refractivity contribution in [2.75, 3.05) is 13.2 Å². The fourth-order valence-electron chi connectivity index (χ4n) is 1.99. The predicted molar refractivity (Wildman–Crippen MR) is 68.0 cm³/mol. The van der Waals surface area contributed by atoms with Gasteiger partial charge in [-0.15, -0.1) is 10.2 Å². The first-order valence-corrected chi connectivity index (χ1v) is 6.98. The standard InChI is InChI=1S/C11H20N4OS/c1-8(2)15-10(7-12)13-14-11(15)17-9-3-5-16-6-4-9/h8-9H,3-7,12H2,1-2H3. The molecule has 1 saturated heterocycles. The topological polar surface area (TPSA) is 66.0 Å². The molecule has 0 amide bonds. The maximum absolute atomic E-state index is 5.68. The van der Waals surface area contributed by atoms with Crippen LogP contribution in [0, 0.1) is 0 Å². The van der Waals surface area contributed by atoms with Crippen molar-refractivity contribution in [3.8, 4) is 0 Å². The third-order valence-electron chi connectivity index (χ3n) is 2.87. The first-order chi connectivity index (χ1) is 8.22. The summed E-state index contributed by atoms with van der Waals surface area (Å²) in [6, 6.07) is 0.353. The van der Waals surface area contributed by atoms with Gasteiger partial charge in [0, 0.05) is 24.5 Å². The van der Waals surface area contributed by atoms with Crippen molar-refractivity contribution in [1.29, 1.82) is 0 Å². The zero-order valence-corrected chi connectivity index (χ0v) is 11.2. The predicted octanol–water partition coefficient (Wildman–Crippen LogP) is 1.59. The highest BCUT2D eigenvalue weighted by Crippen LogP contribution is 2.30. The minimum atomic E-state index is 0.353. The van der Waals surface area contributed by atoms with Crippen LogP contribution >= 0.6 is 11.8 Å². The molecule has 0 unspecified atom stereocenters. The number of aromatic nitrogens is 3.